The van der Waals surface area contributed by atoms with Crippen LogP contribution in [0.3, 0.4) is 0 Å². The zero-order chi connectivity index (χ0) is 21.4. The van der Waals surface area contributed by atoms with Crippen LogP contribution in [0.1, 0.15) is 28.0 Å². The minimum atomic E-state index is -0.207. The number of carbonyl (C=O) groups excluding carboxylic acids is 1. The molecular weight excluding hydrogens is 388 g/mol. The molecule has 0 spiro atoms. The highest BCUT2D eigenvalue weighted by molar-refractivity contribution is 6.00. The highest BCUT2D eigenvalue weighted by Crippen LogP contribution is 2.39. The first-order chi connectivity index (χ1) is 15.2. The van der Waals surface area contributed by atoms with Crippen LogP contribution in [-0.2, 0) is 6.42 Å². The van der Waals surface area contributed by atoms with Crippen molar-refractivity contribution in [2.24, 2.45) is 0 Å². The van der Waals surface area contributed by atoms with Gasteiger partial charge in [0.15, 0.2) is 5.82 Å². The Labute approximate surface area is 180 Å². The Hall–Kier alpha value is -3.87. The van der Waals surface area contributed by atoms with Gasteiger partial charge < -0.3 is 10.2 Å². The van der Waals surface area contributed by atoms with Crippen molar-refractivity contribution >= 4 is 28.3 Å². The molecule has 0 aliphatic carbocycles. The SMILES string of the molecule is CNC(=O)c1cc2cccnc2c(N2CCCc3cc(-c4ccnnc4)c(C)cc32)n1. The Morgan fingerprint density at radius 1 is 1.13 bits per heavy atom. The first kappa shape index (κ1) is 19.1. The van der Waals surface area contributed by atoms with Crippen LogP contribution in [0.2, 0.25) is 0 Å². The summed E-state index contributed by atoms with van der Waals surface area (Å²) >= 11 is 0. The lowest BCUT2D eigenvalue weighted by molar-refractivity contribution is 0.0958. The van der Waals surface area contributed by atoms with E-state index in [0.29, 0.717) is 5.69 Å². The van der Waals surface area contributed by atoms with E-state index in [1.165, 1.54) is 5.56 Å². The second-order valence-electron chi connectivity index (χ2n) is 7.67. The van der Waals surface area contributed by atoms with Gasteiger partial charge in [0.05, 0.1) is 12.4 Å². The molecule has 1 aromatic carbocycles. The predicted octanol–water partition coefficient (Wildman–Crippen LogP) is 3.84. The lowest BCUT2D eigenvalue weighted by Crippen LogP contribution is -2.27. The fourth-order valence-corrected chi connectivity index (χ4v) is 4.22. The van der Waals surface area contributed by atoms with E-state index in [1.54, 1.807) is 31.7 Å². The second-order valence-corrected chi connectivity index (χ2v) is 7.67. The molecule has 4 aromatic rings. The summed E-state index contributed by atoms with van der Waals surface area (Å²) in [5.41, 5.74) is 6.91. The quantitative estimate of drug-likeness (QED) is 0.552. The largest absolute Gasteiger partial charge is 0.354 e. The van der Waals surface area contributed by atoms with Crippen LogP contribution in [0.15, 0.2) is 55.0 Å². The van der Waals surface area contributed by atoms with Crippen LogP contribution < -0.4 is 10.2 Å². The van der Waals surface area contributed by atoms with E-state index < -0.39 is 0 Å². The average molecular weight is 410 g/mol. The number of nitrogens with zero attached hydrogens (tertiary/aromatic N) is 5. The third kappa shape index (κ3) is 3.38. The van der Waals surface area contributed by atoms with Crippen molar-refractivity contribution in [3.05, 3.63) is 71.8 Å². The van der Waals surface area contributed by atoms with Gasteiger partial charge in [0.25, 0.3) is 5.91 Å². The predicted molar refractivity (Wildman–Crippen MR) is 120 cm³/mol. The van der Waals surface area contributed by atoms with Crippen LogP contribution >= 0.6 is 0 Å². The first-order valence-corrected chi connectivity index (χ1v) is 10.3. The van der Waals surface area contributed by atoms with E-state index in [0.717, 1.165) is 58.5 Å². The number of hydrogen-bond donors (Lipinski definition) is 1. The monoisotopic (exact) mass is 410 g/mol. The molecule has 1 N–H and O–H groups in total. The molecule has 0 bridgehead atoms. The van der Waals surface area contributed by atoms with E-state index in [2.05, 4.69) is 44.5 Å². The van der Waals surface area contributed by atoms with E-state index >= 15 is 0 Å². The Balaban J connectivity index is 1.68. The fraction of sp³-hybridized carbons (Fsp3) is 0.208. The maximum atomic E-state index is 12.4. The molecule has 0 unspecified atom stereocenters. The van der Waals surface area contributed by atoms with Crippen molar-refractivity contribution in [3.63, 3.8) is 0 Å². The summed E-state index contributed by atoms with van der Waals surface area (Å²) in [6, 6.07) is 12.1. The maximum Gasteiger partial charge on any atom is 0.269 e. The van der Waals surface area contributed by atoms with Gasteiger partial charge in [-0.25, -0.2) is 4.98 Å². The van der Waals surface area contributed by atoms with Crippen LogP contribution in [0, 0.1) is 6.92 Å². The van der Waals surface area contributed by atoms with Gasteiger partial charge in [-0.3, -0.25) is 9.78 Å². The van der Waals surface area contributed by atoms with E-state index in [4.69, 9.17) is 4.98 Å². The smallest absolute Gasteiger partial charge is 0.269 e. The van der Waals surface area contributed by atoms with Gasteiger partial charge in [0.2, 0.25) is 0 Å². The molecule has 1 amide bonds. The van der Waals surface area contributed by atoms with Crippen LogP contribution in [0.5, 0.6) is 0 Å². The number of rotatable bonds is 3. The summed E-state index contributed by atoms with van der Waals surface area (Å²) in [6.07, 6.45) is 7.25. The first-order valence-electron chi connectivity index (χ1n) is 10.3. The second kappa shape index (κ2) is 7.75. The van der Waals surface area contributed by atoms with E-state index in [9.17, 15) is 4.79 Å². The molecule has 1 aliphatic rings. The number of amides is 1. The Morgan fingerprint density at radius 2 is 2.03 bits per heavy atom. The van der Waals surface area contributed by atoms with Gasteiger partial charge in [-0.05, 0) is 66.8 Å². The van der Waals surface area contributed by atoms with Crippen LogP contribution in [0.4, 0.5) is 11.5 Å². The molecule has 0 fully saturated rings. The summed E-state index contributed by atoms with van der Waals surface area (Å²) in [6.45, 7) is 2.92. The number of carbonyl (C=O) groups is 1. The van der Waals surface area contributed by atoms with Crippen molar-refractivity contribution in [2.45, 2.75) is 19.8 Å². The molecule has 1 aliphatic heterocycles. The summed E-state index contributed by atoms with van der Waals surface area (Å²) in [4.78, 5) is 23.9. The lowest BCUT2D eigenvalue weighted by atomic mass is 9.93. The number of aryl methyl sites for hydroxylation is 2. The van der Waals surface area contributed by atoms with Crippen molar-refractivity contribution in [3.8, 4) is 11.1 Å². The molecule has 7 heteroatoms. The molecule has 0 saturated heterocycles. The van der Waals surface area contributed by atoms with Gasteiger partial charge in [-0.15, -0.1) is 0 Å². The maximum absolute atomic E-state index is 12.4. The summed E-state index contributed by atoms with van der Waals surface area (Å²) < 4.78 is 0. The Kier molecular flexibility index (Phi) is 4.78. The zero-order valence-corrected chi connectivity index (χ0v) is 17.5. The number of anilines is 2. The lowest BCUT2D eigenvalue weighted by Gasteiger charge is -2.32. The van der Waals surface area contributed by atoms with Gasteiger partial charge in [-0.1, -0.05) is 6.07 Å². The topological polar surface area (TPSA) is 83.9 Å². The minimum absolute atomic E-state index is 0.207. The number of aromatic nitrogens is 4. The Morgan fingerprint density at radius 3 is 2.84 bits per heavy atom. The molecule has 31 heavy (non-hydrogen) atoms. The van der Waals surface area contributed by atoms with E-state index in [1.807, 2.05) is 18.2 Å². The highest BCUT2D eigenvalue weighted by atomic mass is 16.1. The summed E-state index contributed by atoms with van der Waals surface area (Å²) in [5, 5.41) is 11.5. The molecule has 3 aromatic heterocycles. The molecule has 0 atom stereocenters. The van der Waals surface area contributed by atoms with Crippen molar-refractivity contribution in [1.29, 1.82) is 0 Å². The van der Waals surface area contributed by atoms with Crippen molar-refractivity contribution in [2.75, 3.05) is 18.5 Å². The van der Waals surface area contributed by atoms with Crippen molar-refractivity contribution in [1.82, 2.24) is 25.5 Å². The highest BCUT2D eigenvalue weighted by Gasteiger charge is 2.24. The van der Waals surface area contributed by atoms with Gasteiger partial charge in [0.1, 0.15) is 11.2 Å². The fourth-order valence-electron chi connectivity index (χ4n) is 4.22. The van der Waals surface area contributed by atoms with E-state index in [-0.39, 0.29) is 5.91 Å². The van der Waals surface area contributed by atoms with Crippen LogP contribution in [0.25, 0.3) is 22.0 Å². The van der Waals surface area contributed by atoms with Gasteiger partial charge in [-0.2, -0.15) is 10.2 Å². The number of fused-ring (bicyclic) bond motifs is 2. The van der Waals surface area contributed by atoms with Crippen molar-refractivity contribution < 1.29 is 4.79 Å². The molecular formula is C24H22N6O. The summed E-state index contributed by atoms with van der Waals surface area (Å²) in [7, 11) is 1.62. The van der Waals surface area contributed by atoms with Crippen LogP contribution in [-0.4, -0.2) is 39.7 Å². The Bertz CT molecular complexity index is 1290. The molecule has 5 rings (SSSR count). The molecule has 0 radical (unpaired) electrons. The normalized spacial score (nSPS) is 13.2. The average Bonchev–Trinajstić information content (AvgIpc) is 2.82. The van der Waals surface area contributed by atoms with Gasteiger partial charge in [0, 0.05) is 36.4 Å². The summed E-state index contributed by atoms with van der Waals surface area (Å²) in [5.74, 6) is 0.510. The molecule has 7 nitrogen and oxygen atoms in total. The minimum Gasteiger partial charge on any atom is -0.354 e. The number of pyridine rings is 2. The third-order valence-corrected chi connectivity index (χ3v) is 5.72. The zero-order valence-electron chi connectivity index (χ0n) is 17.5. The number of nitrogens with one attached hydrogen (secondary N) is 1. The third-order valence-electron chi connectivity index (χ3n) is 5.72. The number of hydrogen-bond acceptors (Lipinski definition) is 6. The molecule has 4 heterocycles. The molecule has 154 valence electrons. The molecule has 0 saturated carbocycles. The standard InChI is InChI=1S/C24H22N6O/c1-15-11-21-16(12-19(15)18-7-9-27-28-14-18)6-4-10-30(21)23-22-17(5-3-8-26-22)13-20(29-23)24(31)25-2/h3,5,7-9,11-14H,4,6,10H2,1-2H3,(H,25,31). The number of benzene rings is 1. The van der Waals surface area contributed by atoms with Gasteiger partial charge >= 0.3 is 0 Å².